The van der Waals surface area contributed by atoms with Crippen molar-refractivity contribution < 1.29 is 12.8 Å². The van der Waals surface area contributed by atoms with Gasteiger partial charge in [0.05, 0.1) is 27.3 Å². The summed E-state index contributed by atoms with van der Waals surface area (Å²) in [6, 6.07) is 4.05. The standard InChI is InChI=1S/C10H7BrClFN4O2S/c11-8-6(12)5-7(9(13)10(8)16)20(18,19)17(3-1-14)4-2-15/h5H,3-4,16H2. The molecule has 20 heavy (non-hydrogen) atoms. The largest absolute Gasteiger partial charge is 0.395 e. The zero-order chi connectivity index (χ0) is 15.5. The maximum atomic E-state index is 14.0. The van der Waals surface area contributed by atoms with Gasteiger partial charge in [0.2, 0.25) is 10.0 Å². The topological polar surface area (TPSA) is 111 Å². The number of benzene rings is 1. The van der Waals surface area contributed by atoms with Gasteiger partial charge in [-0.3, -0.25) is 0 Å². The zero-order valence-electron chi connectivity index (χ0n) is 9.77. The molecule has 2 N–H and O–H groups in total. The Morgan fingerprint density at radius 2 is 1.90 bits per heavy atom. The first kappa shape index (κ1) is 16.7. The number of anilines is 1. The number of nitrogens with zero attached hydrogens (tertiary/aromatic N) is 3. The molecule has 10 heteroatoms. The number of sulfonamides is 1. The molecule has 0 aliphatic heterocycles. The van der Waals surface area contributed by atoms with Crippen molar-refractivity contribution in [3.05, 3.63) is 21.4 Å². The molecular weight excluding hydrogens is 375 g/mol. The smallest absolute Gasteiger partial charge is 0.248 e. The maximum absolute atomic E-state index is 14.0. The molecule has 1 rings (SSSR count). The van der Waals surface area contributed by atoms with Crippen LogP contribution in [-0.4, -0.2) is 25.8 Å². The van der Waals surface area contributed by atoms with Crippen LogP contribution in [0.2, 0.25) is 5.02 Å². The predicted octanol–water partition coefficient (Wildman–Crippen LogP) is 1.86. The lowest BCUT2D eigenvalue weighted by Gasteiger charge is -2.17. The molecule has 0 aliphatic carbocycles. The van der Waals surface area contributed by atoms with Crippen LogP contribution >= 0.6 is 27.5 Å². The Morgan fingerprint density at radius 3 is 2.35 bits per heavy atom. The molecule has 106 valence electrons. The van der Waals surface area contributed by atoms with E-state index in [-0.39, 0.29) is 9.50 Å². The van der Waals surface area contributed by atoms with Gasteiger partial charge in [-0.25, -0.2) is 12.8 Å². The van der Waals surface area contributed by atoms with Crippen molar-refractivity contribution in [2.45, 2.75) is 4.90 Å². The number of hydrogen-bond donors (Lipinski definition) is 1. The minimum Gasteiger partial charge on any atom is -0.395 e. The SMILES string of the molecule is N#CCN(CC#N)S(=O)(=O)c1cc(Cl)c(Br)c(N)c1F. The number of halogens is 3. The average Bonchev–Trinajstić information content (AvgIpc) is 2.40. The minimum atomic E-state index is -4.39. The van der Waals surface area contributed by atoms with Crippen molar-refractivity contribution in [2.24, 2.45) is 0 Å². The van der Waals surface area contributed by atoms with Gasteiger partial charge in [-0.15, -0.1) is 0 Å². The van der Waals surface area contributed by atoms with Gasteiger partial charge < -0.3 is 5.73 Å². The lowest BCUT2D eigenvalue weighted by Crippen LogP contribution is -2.32. The van der Waals surface area contributed by atoms with Crippen LogP contribution in [0.15, 0.2) is 15.4 Å². The highest BCUT2D eigenvalue weighted by molar-refractivity contribution is 9.10. The van der Waals surface area contributed by atoms with Crippen molar-refractivity contribution in [3.8, 4) is 12.1 Å². The van der Waals surface area contributed by atoms with E-state index in [9.17, 15) is 12.8 Å². The Kier molecular flexibility index (Phi) is 5.31. The van der Waals surface area contributed by atoms with Gasteiger partial charge in [0, 0.05) is 0 Å². The van der Waals surface area contributed by atoms with Crippen molar-refractivity contribution in [1.29, 1.82) is 10.5 Å². The lowest BCUT2D eigenvalue weighted by molar-refractivity contribution is 0.472. The van der Waals surface area contributed by atoms with Gasteiger partial charge in [0.15, 0.2) is 5.82 Å². The van der Waals surface area contributed by atoms with Crippen molar-refractivity contribution in [2.75, 3.05) is 18.8 Å². The molecule has 0 bridgehead atoms. The molecule has 1 aromatic rings. The number of nitriles is 2. The molecule has 6 nitrogen and oxygen atoms in total. The number of nitrogen functional groups attached to an aromatic ring is 1. The fraction of sp³-hybridized carbons (Fsp3) is 0.200. The van der Waals surface area contributed by atoms with Crippen LogP contribution in [0.4, 0.5) is 10.1 Å². The van der Waals surface area contributed by atoms with Crippen LogP contribution in [0.25, 0.3) is 0 Å². The minimum absolute atomic E-state index is 0.0303. The monoisotopic (exact) mass is 380 g/mol. The fourth-order valence-corrected chi connectivity index (χ4v) is 3.21. The van der Waals surface area contributed by atoms with Crippen LogP contribution in [0.3, 0.4) is 0 Å². The van der Waals surface area contributed by atoms with E-state index in [1.165, 1.54) is 0 Å². The van der Waals surface area contributed by atoms with E-state index in [1.807, 2.05) is 0 Å². The highest BCUT2D eigenvalue weighted by Gasteiger charge is 2.30. The molecule has 0 radical (unpaired) electrons. The van der Waals surface area contributed by atoms with Gasteiger partial charge >= 0.3 is 0 Å². The molecule has 0 saturated carbocycles. The lowest BCUT2D eigenvalue weighted by atomic mass is 10.3. The van der Waals surface area contributed by atoms with Crippen LogP contribution in [0, 0.1) is 28.5 Å². The Labute approximate surface area is 128 Å². The first-order valence-corrected chi connectivity index (χ1v) is 7.55. The third kappa shape index (κ3) is 3.02. The van der Waals surface area contributed by atoms with E-state index < -0.39 is 39.5 Å². The van der Waals surface area contributed by atoms with Gasteiger partial charge in [-0.2, -0.15) is 14.8 Å². The molecule has 0 aromatic heterocycles. The summed E-state index contributed by atoms with van der Waals surface area (Å²) >= 11 is 8.67. The summed E-state index contributed by atoms with van der Waals surface area (Å²) < 4.78 is 39.0. The Balaban J connectivity index is 3.51. The van der Waals surface area contributed by atoms with Crippen LogP contribution in [0.1, 0.15) is 0 Å². The number of hydrogen-bond acceptors (Lipinski definition) is 5. The third-order valence-corrected chi connectivity index (χ3v) is 5.44. The highest BCUT2D eigenvalue weighted by atomic mass is 79.9. The molecule has 1 aromatic carbocycles. The van der Waals surface area contributed by atoms with Crippen molar-refractivity contribution in [1.82, 2.24) is 4.31 Å². The van der Waals surface area contributed by atoms with E-state index in [2.05, 4.69) is 15.9 Å². The van der Waals surface area contributed by atoms with Crippen molar-refractivity contribution in [3.63, 3.8) is 0 Å². The molecule has 0 heterocycles. The normalized spacial score (nSPS) is 11.1. The molecule has 0 saturated heterocycles. The quantitative estimate of drug-likeness (QED) is 0.486. The Hall–Kier alpha value is -1.39. The van der Waals surface area contributed by atoms with Crippen LogP contribution < -0.4 is 5.73 Å². The van der Waals surface area contributed by atoms with Gasteiger partial charge in [0.1, 0.15) is 18.0 Å². The summed E-state index contributed by atoms with van der Waals surface area (Å²) in [5.41, 5.74) is 4.94. The number of nitrogens with two attached hydrogens (primary N) is 1. The average molecular weight is 382 g/mol. The van der Waals surface area contributed by atoms with Gasteiger partial charge in [0.25, 0.3) is 0 Å². The fourth-order valence-electron chi connectivity index (χ4n) is 1.31. The van der Waals surface area contributed by atoms with Crippen molar-refractivity contribution >= 4 is 43.2 Å². The summed E-state index contributed by atoms with van der Waals surface area (Å²) in [5, 5.41) is 17.1. The molecule has 0 atom stereocenters. The number of rotatable bonds is 4. The molecule has 0 spiro atoms. The molecule has 0 aliphatic rings. The van der Waals surface area contributed by atoms with Crippen LogP contribution in [0.5, 0.6) is 0 Å². The third-order valence-electron chi connectivity index (χ3n) is 2.27. The maximum Gasteiger partial charge on any atom is 0.248 e. The van der Waals surface area contributed by atoms with E-state index in [4.69, 9.17) is 27.9 Å². The second-order valence-corrected chi connectivity index (χ2v) is 6.59. The zero-order valence-corrected chi connectivity index (χ0v) is 12.9. The summed E-state index contributed by atoms with van der Waals surface area (Å²) in [7, 11) is -4.39. The van der Waals surface area contributed by atoms with Gasteiger partial charge in [-0.1, -0.05) is 11.6 Å². The second kappa shape index (κ2) is 6.37. The Bertz CT molecular complexity index is 710. The summed E-state index contributed by atoms with van der Waals surface area (Å²) in [5.74, 6) is -1.19. The molecule has 0 amide bonds. The Morgan fingerprint density at radius 1 is 1.40 bits per heavy atom. The van der Waals surface area contributed by atoms with Gasteiger partial charge in [-0.05, 0) is 22.0 Å². The summed E-state index contributed by atoms with van der Waals surface area (Å²) in [4.78, 5) is -0.784. The van der Waals surface area contributed by atoms with E-state index in [1.54, 1.807) is 12.1 Å². The first-order valence-electron chi connectivity index (χ1n) is 4.94. The second-order valence-electron chi connectivity index (χ2n) is 3.49. The predicted molar refractivity (Wildman–Crippen MR) is 73.5 cm³/mol. The first-order chi connectivity index (χ1) is 9.27. The summed E-state index contributed by atoms with van der Waals surface area (Å²) in [6.45, 7) is -1.19. The molecule has 0 fully saturated rings. The highest BCUT2D eigenvalue weighted by Crippen LogP contribution is 2.35. The summed E-state index contributed by atoms with van der Waals surface area (Å²) in [6.07, 6.45) is 0. The molecular formula is C10H7BrClFN4O2S. The van der Waals surface area contributed by atoms with E-state index >= 15 is 0 Å². The molecule has 0 unspecified atom stereocenters. The van der Waals surface area contributed by atoms with E-state index in [0.717, 1.165) is 6.07 Å². The van der Waals surface area contributed by atoms with E-state index in [0.29, 0.717) is 4.31 Å². The van der Waals surface area contributed by atoms with Crippen LogP contribution in [-0.2, 0) is 10.0 Å².